The van der Waals surface area contributed by atoms with Gasteiger partial charge in [-0.3, -0.25) is 4.79 Å². The van der Waals surface area contributed by atoms with Crippen molar-refractivity contribution < 1.29 is 18.0 Å². The third-order valence-electron chi connectivity index (χ3n) is 3.58. The minimum absolute atomic E-state index is 0.0167. The van der Waals surface area contributed by atoms with Gasteiger partial charge in [-0.1, -0.05) is 5.21 Å². The summed E-state index contributed by atoms with van der Waals surface area (Å²) in [5.41, 5.74) is 0.329. The Hall–Kier alpha value is -0.920. The summed E-state index contributed by atoms with van der Waals surface area (Å²) in [6.45, 7) is 0. The molecule has 0 N–H and O–H groups in total. The lowest BCUT2D eigenvalue weighted by Crippen LogP contribution is -2.31. The van der Waals surface area contributed by atoms with Crippen LogP contribution in [0.25, 0.3) is 0 Å². The summed E-state index contributed by atoms with van der Waals surface area (Å²) in [7, 11) is 1.59. The normalized spacial score (nSPS) is 24.5. The van der Waals surface area contributed by atoms with Crippen LogP contribution >= 0.6 is 15.9 Å². The minimum atomic E-state index is -4.15. The number of Topliss-reactive ketones (excluding diaryl/α,β-unsaturated/α-hetero) is 1. The highest BCUT2D eigenvalue weighted by molar-refractivity contribution is 9.10. The third kappa shape index (κ3) is 2.98. The number of rotatable bonds is 2. The van der Waals surface area contributed by atoms with Crippen molar-refractivity contribution in [2.24, 2.45) is 18.9 Å². The summed E-state index contributed by atoms with van der Waals surface area (Å²) in [6.07, 6.45) is -3.59. The number of alkyl halides is 3. The van der Waals surface area contributed by atoms with Crippen LogP contribution in [0.1, 0.15) is 36.2 Å². The number of carbonyl (C=O) groups is 1. The Kier molecular flexibility index (Phi) is 3.98. The maximum absolute atomic E-state index is 12.6. The van der Waals surface area contributed by atoms with Gasteiger partial charge in [-0.2, -0.15) is 13.2 Å². The topological polar surface area (TPSA) is 47.8 Å². The molecule has 0 aromatic carbocycles. The van der Waals surface area contributed by atoms with E-state index < -0.39 is 12.1 Å². The van der Waals surface area contributed by atoms with Gasteiger partial charge in [-0.25, -0.2) is 4.68 Å². The average Bonchev–Trinajstić information content (AvgIpc) is 2.67. The van der Waals surface area contributed by atoms with E-state index in [1.54, 1.807) is 7.05 Å². The number of aryl methyl sites for hydroxylation is 1. The first-order valence-electron chi connectivity index (χ1n) is 5.96. The predicted molar refractivity (Wildman–Crippen MR) is 64.5 cm³/mol. The number of aromatic nitrogens is 3. The number of ketones is 1. The average molecular weight is 340 g/mol. The lowest BCUT2D eigenvalue weighted by atomic mass is 9.79. The molecule has 0 saturated heterocycles. The number of hydrogen-bond acceptors (Lipinski definition) is 3. The van der Waals surface area contributed by atoms with Crippen molar-refractivity contribution in [2.45, 2.75) is 31.9 Å². The van der Waals surface area contributed by atoms with E-state index in [9.17, 15) is 18.0 Å². The summed E-state index contributed by atoms with van der Waals surface area (Å²) in [6, 6.07) is 0. The summed E-state index contributed by atoms with van der Waals surface area (Å²) >= 11 is 3.13. The summed E-state index contributed by atoms with van der Waals surface area (Å²) in [5.74, 6) is -1.82. The molecule has 0 spiro atoms. The molecule has 8 heteroatoms. The van der Waals surface area contributed by atoms with Crippen molar-refractivity contribution in [1.82, 2.24) is 15.0 Å². The van der Waals surface area contributed by atoms with E-state index in [1.807, 2.05) is 0 Å². The molecule has 1 heterocycles. The Morgan fingerprint density at radius 1 is 1.32 bits per heavy atom. The van der Waals surface area contributed by atoms with Gasteiger partial charge >= 0.3 is 6.18 Å². The second kappa shape index (κ2) is 5.22. The molecule has 1 aromatic heterocycles. The first-order chi connectivity index (χ1) is 8.80. The van der Waals surface area contributed by atoms with Gasteiger partial charge in [-0.05, 0) is 41.6 Å². The maximum atomic E-state index is 12.6. The molecule has 19 heavy (non-hydrogen) atoms. The SMILES string of the molecule is Cn1nnc(Br)c1C(=O)C1CCC(C(F)(F)F)CC1. The standard InChI is InChI=1S/C11H13BrF3N3O/c1-18-8(10(12)16-17-18)9(19)6-2-4-7(5-3-6)11(13,14)15/h6-7H,2-5H2,1H3. The number of carbonyl (C=O) groups excluding carboxylic acids is 1. The molecule has 0 bridgehead atoms. The predicted octanol–water partition coefficient (Wildman–Crippen LogP) is 3.13. The largest absolute Gasteiger partial charge is 0.391 e. The van der Waals surface area contributed by atoms with E-state index in [1.165, 1.54) is 4.68 Å². The fourth-order valence-corrected chi connectivity index (χ4v) is 2.99. The molecule has 1 aliphatic rings. The van der Waals surface area contributed by atoms with E-state index in [0.717, 1.165) is 0 Å². The zero-order valence-electron chi connectivity index (χ0n) is 10.2. The number of halogens is 4. The lowest BCUT2D eigenvalue weighted by Gasteiger charge is -2.28. The molecule has 4 nitrogen and oxygen atoms in total. The molecule has 0 aliphatic heterocycles. The molecule has 1 aliphatic carbocycles. The highest BCUT2D eigenvalue weighted by atomic mass is 79.9. The Balaban J connectivity index is 2.04. The molecule has 0 amide bonds. The molecular formula is C11H13BrF3N3O. The molecule has 0 radical (unpaired) electrons. The zero-order valence-corrected chi connectivity index (χ0v) is 11.8. The van der Waals surface area contributed by atoms with Crippen molar-refractivity contribution in [3.63, 3.8) is 0 Å². The molecule has 0 atom stereocenters. The van der Waals surface area contributed by atoms with Crippen LogP contribution in [0.2, 0.25) is 0 Å². The first-order valence-corrected chi connectivity index (χ1v) is 6.76. The van der Waals surface area contributed by atoms with Gasteiger partial charge < -0.3 is 0 Å². The Labute approximate surface area is 116 Å². The van der Waals surface area contributed by atoms with E-state index in [-0.39, 0.29) is 37.4 Å². The minimum Gasteiger partial charge on any atom is -0.292 e. The Morgan fingerprint density at radius 3 is 2.32 bits per heavy atom. The Bertz CT molecular complexity index is 459. The number of hydrogen-bond donors (Lipinski definition) is 0. The molecular weight excluding hydrogens is 327 g/mol. The van der Waals surface area contributed by atoms with Gasteiger partial charge in [0.25, 0.3) is 0 Å². The van der Waals surface area contributed by atoms with Crippen molar-refractivity contribution in [1.29, 1.82) is 0 Å². The van der Waals surface area contributed by atoms with Gasteiger partial charge in [0.2, 0.25) is 0 Å². The van der Waals surface area contributed by atoms with Crippen molar-refractivity contribution in [3.8, 4) is 0 Å². The van der Waals surface area contributed by atoms with Crippen LogP contribution in [0.5, 0.6) is 0 Å². The second-order valence-electron chi connectivity index (χ2n) is 4.81. The van der Waals surface area contributed by atoms with E-state index in [4.69, 9.17) is 0 Å². The molecule has 1 saturated carbocycles. The van der Waals surface area contributed by atoms with E-state index in [2.05, 4.69) is 26.2 Å². The molecule has 106 valence electrons. The monoisotopic (exact) mass is 339 g/mol. The third-order valence-corrected chi connectivity index (χ3v) is 4.11. The molecule has 0 unspecified atom stereocenters. The quantitative estimate of drug-likeness (QED) is 0.777. The van der Waals surface area contributed by atoms with Crippen molar-refractivity contribution in [3.05, 3.63) is 10.3 Å². The highest BCUT2D eigenvalue weighted by Crippen LogP contribution is 2.40. The number of nitrogens with zero attached hydrogens (tertiary/aromatic N) is 3. The van der Waals surface area contributed by atoms with Crippen molar-refractivity contribution in [2.75, 3.05) is 0 Å². The van der Waals surface area contributed by atoms with Gasteiger partial charge in [0.05, 0.1) is 5.92 Å². The maximum Gasteiger partial charge on any atom is 0.391 e. The van der Waals surface area contributed by atoms with Gasteiger partial charge in [0, 0.05) is 13.0 Å². The van der Waals surface area contributed by atoms with Crippen LogP contribution in [0, 0.1) is 11.8 Å². The van der Waals surface area contributed by atoms with Crippen LogP contribution in [0.4, 0.5) is 13.2 Å². The summed E-state index contributed by atoms with van der Waals surface area (Å²) in [5, 5.41) is 7.42. The van der Waals surface area contributed by atoms with Crippen LogP contribution in [0.3, 0.4) is 0 Å². The fraction of sp³-hybridized carbons (Fsp3) is 0.727. The van der Waals surface area contributed by atoms with Crippen LogP contribution in [-0.4, -0.2) is 27.0 Å². The first kappa shape index (κ1) is 14.5. The van der Waals surface area contributed by atoms with Crippen LogP contribution in [-0.2, 0) is 7.05 Å². The van der Waals surface area contributed by atoms with Gasteiger partial charge in [0.1, 0.15) is 5.69 Å². The highest BCUT2D eigenvalue weighted by Gasteiger charge is 2.43. The Morgan fingerprint density at radius 2 is 1.89 bits per heavy atom. The van der Waals surface area contributed by atoms with E-state index >= 15 is 0 Å². The second-order valence-corrected chi connectivity index (χ2v) is 5.56. The zero-order chi connectivity index (χ0) is 14.2. The molecule has 1 fully saturated rings. The van der Waals surface area contributed by atoms with Crippen molar-refractivity contribution >= 4 is 21.7 Å². The molecule has 2 rings (SSSR count). The summed E-state index contributed by atoms with van der Waals surface area (Å²) < 4.78 is 39.4. The molecule has 1 aromatic rings. The lowest BCUT2D eigenvalue weighted by molar-refractivity contribution is -0.183. The smallest absolute Gasteiger partial charge is 0.292 e. The van der Waals surface area contributed by atoms with Crippen LogP contribution < -0.4 is 0 Å². The fourth-order valence-electron chi connectivity index (χ4n) is 2.47. The van der Waals surface area contributed by atoms with Crippen LogP contribution in [0.15, 0.2) is 4.60 Å². The van der Waals surface area contributed by atoms with E-state index in [0.29, 0.717) is 10.3 Å². The van der Waals surface area contributed by atoms with Gasteiger partial charge in [-0.15, -0.1) is 5.10 Å². The van der Waals surface area contributed by atoms with Gasteiger partial charge in [0.15, 0.2) is 10.4 Å². The summed E-state index contributed by atoms with van der Waals surface area (Å²) in [4.78, 5) is 12.2.